The van der Waals surface area contributed by atoms with Gasteiger partial charge in [0.1, 0.15) is 17.1 Å². The molecular formula is C13H15N5O3S2. The number of aromatic nitrogens is 4. The van der Waals surface area contributed by atoms with E-state index in [1.807, 2.05) is 6.92 Å². The number of hydrogen-bond donors (Lipinski definition) is 1. The fourth-order valence-electron chi connectivity index (χ4n) is 1.96. The maximum atomic E-state index is 12.2. The summed E-state index contributed by atoms with van der Waals surface area (Å²) >= 11 is 1.38. The number of fused-ring (bicyclic) bond motifs is 1. The van der Waals surface area contributed by atoms with Gasteiger partial charge in [0, 0.05) is 13.0 Å². The Morgan fingerprint density at radius 2 is 2.09 bits per heavy atom. The Balaban J connectivity index is 1.60. The summed E-state index contributed by atoms with van der Waals surface area (Å²) < 4.78 is 33.9. The van der Waals surface area contributed by atoms with Gasteiger partial charge in [-0.3, -0.25) is 0 Å². The van der Waals surface area contributed by atoms with Gasteiger partial charge >= 0.3 is 0 Å². The van der Waals surface area contributed by atoms with E-state index in [1.54, 1.807) is 16.6 Å². The standard InChI is InChI=1S/C13H15N5O3S2/c1-2-21-10-3-5-11(6-4-10)23(19,20)15-8-7-12-17-18-9-14-16-13(18)22-12/h3-6,9,15H,2,7-8H2,1H3. The van der Waals surface area contributed by atoms with E-state index >= 15 is 0 Å². The Morgan fingerprint density at radius 3 is 2.78 bits per heavy atom. The predicted octanol–water partition coefficient (Wildman–Crippen LogP) is 1.11. The molecule has 1 N–H and O–H groups in total. The van der Waals surface area contributed by atoms with Crippen LogP contribution >= 0.6 is 11.3 Å². The molecular weight excluding hydrogens is 338 g/mol. The largest absolute Gasteiger partial charge is 0.494 e. The predicted molar refractivity (Wildman–Crippen MR) is 85.2 cm³/mol. The SMILES string of the molecule is CCOc1ccc(S(=O)(=O)NCCc2nn3cnnc3s2)cc1. The van der Waals surface area contributed by atoms with Crippen molar-refractivity contribution in [3.8, 4) is 5.75 Å². The molecule has 3 aromatic rings. The molecule has 0 aliphatic heterocycles. The highest BCUT2D eigenvalue weighted by Crippen LogP contribution is 2.16. The molecule has 0 saturated carbocycles. The second-order valence-electron chi connectivity index (χ2n) is 4.61. The van der Waals surface area contributed by atoms with Crippen LogP contribution in [0.4, 0.5) is 0 Å². The summed E-state index contributed by atoms with van der Waals surface area (Å²) in [5.41, 5.74) is 0. The number of sulfonamides is 1. The van der Waals surface area contributed by atoms with Crippen molar-refractivity contribution in [1.29, 1.82) is 0 Å². The maximum absolute atomic E-state index is 12.2. The summed E-state index contributed by atoms with van der Waals surface area (Å²) in [5.74, 6) is 0.645. The zero-order chi connectivity index (χ0) is 16.3. The van der Waals surface area contributed by atoms with Gasteiger partial charge in [-0.15, -0.1) is 10.2 Å². The van der Waals surface area contributed by atoms with Crippen molar-refractivity contribution < 1.29 is 13.2 Å². The van der Waals surface area contributed by atoms with Crippen LogP contribution in [0.25, 0.3) is 4.96 Å². The molecule has 23 heavy (non-hydrogen) atoms. The lowest BCUT2D eigenvalue weighted by atomic mass is 10.3. The van der Waals surface area contributed by atoms with E-state index in [-0.39, 0.29) is 11.4 Å². The zero-order valence-corrected chi connectivity index (χ0v) is 14.0. The van der Waals surface area contributed by atoms with Crippen molar-refractivity contribution in [3.05, 3.63) is 35.6 Å². The summed E-state index contributed by atoms with van der Waals surface area (Å²) in [7, 11) is -3.54. The third-order valence-corrected chi connectivity index (χ3v) is 5.45. The Labute approximate surface area is 137 Å². The van der Waals surface area contributed by atoms with Gasteiger partial charge in [0.05, 0.1) is 11.5 Å². The van der Waals surface area contributed by atoms with Gasteiger partial charge in [-0.05, 0) is 31.2 Å². The summed E-state index contributed by atoms with van der Waals surface area (Å²) in [6, 6.07) is 6.33. The van der Waals surface area contributed by atoms with E-state index in [0.29, 0.717) is 23.7 Å². The number of nitrogens with one attached hydrogen (secondary N) is 1. The zero-order valence-electron chi connectivity index (χ0n) is 12.3. The maximum Gasteiger partial charge on any atom is 0.240 e. The molecule has 3 rings (SSSR count). The minimum atomic E-state index is -3.54. The molecule has 8 nitrogen and oxygen atoms in total. The first kappa shape index (κ1) is 15.8. The van der Waals surface area contributed by atoms with Crippen LogP contribution in [0.2, 0.25) is 0 Å². The number of hydrogen-bond acceptors (Lipinski definition) is 7. The fourth-order valence-corrected chi connectivity index (χ4v) is 3.80. The van der Waals surface area contributed by atoms with Crippen molar-refractivity contribution in [1.82, 2.24) is 24.5 Å². The van der Waals surface area contributed by atoms with Gasteiger partial charge in [-0.1, -0.05) is 11.3 Å². The number of ether oxygens (including phenoxy) is 1. The highest BCUT2D eigenvalue weighted by atomic mass is 32.2. The summed E-state index contributed by atoms with van der Waals surface area (Å²) in [6.45, 7) is 2.68. The molecule has 122 valence electrons. The number of benzene rings is 1. The first-order valence-corrected chi connectivity index (χ1v) is 9.27. The Bertz CT molecular complexity index is 857. The van der Waals surface area contributed by atoms with Gasteiger partial charge in [-0.25, -0.2) is 13.1 Å². The second kappa shape index (κ2) is 6.60. The average molecular weight is 353 g/mol. The van der Waals surface area contributed by atoms with Crippen LogP contribution in [0, 0.1) is 0 Å². The second-order valence-corrected chi connectivity index (χ2v) is 7.41. The van der Waals surface area contributed by atoms with Gasteiger partial charge < -0.3 is 4.74 Å². The van der Waals surface area contributed by atoms with Crippen molar-refractivity contribution >= 4 is 26.3 Å². The minimum absolute atomic E-state index is 0.207. The molecule has 0 radical (unpaired) electrons. The van der Waals surface area contributed by atoms with E-state index in [0.717, 1.165) is 5.01 Å². The van der Waals surface area contributed by atoms with E-state index in [4.69, 9.17) is 4.74 Å². The molecule has 0 amide bonds. The van der Waals surface area contributed by atoms with Gasteiger partial charge in [-0.2, -0.15) is 9.61 Å². The van der Waals surface area contributed by atoms with Crippen molar-refractivity contribution in [3.63, 3.8) is 0 Å². The van der Waals surface area contributed by atoms with E-state index in [1.165, 1.54) is 29.8 Å². The van der Waals surface area contributed by atoms with E-state index in [9.17, 15) is 8.42 Å². The molecule has 0 spiro atoms. The molecule has 10 heteroatoms. The van der Waals surface area contributed by atoms with E-state index < -0.39 is 10.0 Å². The number of nitrogens with zero attached hydrogens (tertiary/aromatic N) is 4. The smallest absolute Gasteiger partial charge is 0.240 e. The first-order chi connectivity index (χ1) is 11.1. The molecule has 2 aromatic heterocycles. The Morgan fingerprint density at radius 1 is 1.30 bits per heavy atom. The van der Waals surface area contributed by atoms with Crippen molar-refractivity contribution in [2.24, 2.45) is 0 Å². The summed E-state index contributed by atoms with van der Waals surface area (Å²) in [6.07, 6.45) is 2.00. The molecule has 0 atom stereocenters. The highest BCUT2D eigenvalue weighted by molar-refractivity contribution is 7.89. The highest BCUT2D eigenvalue weighted by Gasteiger charge is 2.14. The van der Waals surface area contributed by atoms with Crippen LogP contribution in [0.15, 0.2) is 35.5 Å². The van der Waals surface area contributed by atoms with Crippen LogP contribution in [-0.4, -0.2) is 41.4 Å². The third kappa shape index (κ3) is 3.66. The van der Waals surface area contributed by atoms with E-state index in [2.05, 4.69) is 20.0 Å². The van der Waals surface area contributed by atoms with Crippen molar-refractivity contribution in [2.75, 3.05) is 13.2 Å². The lowest BCUT2D eigenvalue weighted by Gasteiger charge is -2.07. The normalized spacial score (nSPS) is 11.9. The minimum Gasteiger partial charge on any atom is -0.494 e. The lowest BCUT2D eigenvalue weighted by Crippen LogP contribution is -2.26. The Kier molecular flexibility index (Phi) is 4.55. The van der Waals surface area contributed by atoms with Crippen molar-refractivity contribution in [2.45, 2.75) is 18.2 Å². The van der Waals surface area contributed by atoms with Gasteiger partial charge in [0.2, 0.25) is 15.0 Å². The first-order valence-electron chi connectivity index (χ1n) is 6.97. The van der Waals surface area contributed by atoms with Crippen LogP contribution in [0.1, 0.15) is 11.9 Å². The quantitative estimate of drug-likeness (QED) is 0.683. The van der Waals surface area contributed by atoms with Gasteiger partial charge in [0.25, 0.3) is 0 Å². The topological polar surface area (TPSA) is 98.5 Å². The monoisotopic (exact) mass is 353 g/mol. The molecule has 0 aliphatic rings. The molecule has 1 aromatic carbocycles. The van der Waals surface area contributed by atoms with Crippen LogP contribution in [0.5, 0.6) is 5.75 Å². The van der Waals surface area contributed by atoms with Gasteiger partial charge in [0.15, 0.2) is 0 Å². The number of rotatable bonds is 7. The summed E-state index contributed by atoms with van der Waals surface area (Å²) in [5, 5.41) is 12.7. The van der Waals surface area contributed by atoms with Crippen LogP contribution in [-0.2, 0) is 16.4 Å². The fraction of sp³-hybridized carbons (Fsp3) is 0.308. The Hall–Kier alpha value is -2.04. The molecule has 0 fully saturated rings. The van der Waals surface area contributed by atoms with Crippen LogP contribution in [0.3, 0.4) is 0 Å². The molecule has 0 unspecified atom stereocenters. The molecule has 0 aliphatic carbocycles. The third-order valence-electron chi connectivity index (χ3n) is 3.00. The van der Waals surface area contributed by atoms with Crippen LogP contribution < -0.4 is 9.46 Å². The lowest BCUT2D eigenvalue weighted by molar-refractivity contribution is 0.340. The molecule has 0 bridgehead atoms. The molecule has 2 heterocycles. The average Bonchev–Trinajstić information content (AvgIpc) is 3.09. The molecule has 0 saturated heterocycles. The summed E-state index contributed by atoms with van der Waals surface area (Å²) in [4.78, 5) is 0.897.